The van der Waals surface area contributed by atoms with E-state index in [2.05, 4.69) is 15.0 Å². The molecule has 2 heterocycles. The fourth-order valence-corrected chi connectivity index (χ4v) is 1.73. The molecular weight excluding hydrogens is 246 g/mol. The van der Waals surface area contributed by atoms with E-state index in [1.54, 1.807) is 12.4 Å². The van der Waals surface area contributed by atoms with E-state index in [9.17, 15) is 0 Å². The van der Waals surface area contributed by atoms with Crippen molar-refractivity contribution in [1.82, 2.24) is 15.0 Å². The van der Waals surface area contributed by atoms with Gasteiger partial charge in [0.25, 0.3) is 0 Å². The maximum atomic E-state index is 5.61. The Balaban J connectivity index is 2.22. The quantitative estimate of drug-likeness (QED) is 0.839. The Hall–Kier alpha value is -1.82. The molecular formula is C12H15N5S. The van der Waals surface area contributed by atoms with Crippen molar-refractivity contribution in [2.24, 2.45) is 11.7 Å². The number of nitrogens with two attached hydrogens (primary N) is 1. The zero-order chi connectivity index (χ0) is 13.1. The molecule has 0 bridgehead atoms. The summed E-state index contributed by atoms with van der Waals surface area (Å²) in [5, 5.41) is 0. The Kier molecular flexibility index (Phi) is 3.66. The lowest BCUT2D eigenvalue weighted by atomic mass is 10.2. The first-order valence-corrected chi connectivity index (χ1v) is 6.07. The summed E-state index contributed by atoms with van der Waals surface area (Å²) in [7, 11) is 1.96. The molecule has 0 aliphatic rings. The molecule has 0 saturated heterocycles. The van der Waals surface area contributed by atoms with E-state index in [-0.39, 0.29) is 5.92 Å². The van der Waals surface area contributed by atoms with Crippen molar-refractivity contribution >= 4 is 34.2 Å². The van der Waals surface area contributed by atoms with Gasteiger partial charge in [0.2, 0.25) is 0 Å². The molecule has 2 aromatic rings. The molecule has 0 aliphatic heterocycles. The van der Waals surface area contributed by atoms with Crippen LogP contribution in [0.1, 0.15) is 6.92 Å². The lowest BCUT2D eigenvalue weighted by molar-refractivity contribution is 0.736. The first-order valence-electron chi connectivity index (χ1n) is 5.66. The van der Waals surface area contributed by atoms with Crippen LogP contribution in [0.2, 0.25) is 0 Å². The summed E-state index contributed by atoms with van der Waals surface area (Å²) in [4.78, 5) is 15.4. The predicted octanol–water partition coefficient (Wildman–Crippen LogP) is 1.38. The van der Waals surface area contributed by atoms with Crippen LogP contribution in [0.5, 0.6) is 0 Å². The molecule has 6 heteroatoms. The molecule has 0 aromatic carbocycles. The van der Waals surface area contributed by atoms with Crippen molar-refractivity contribution in [3.63, 3.8) is 0 Å². The summed E-state index contributed by atoms with van der Waals surface area (Å²) in [6, 6.07) is 3.83. The van der Waals surface area contributed by atoms with Gasteiger partial charge in [-0.05, 0) is 12.1 Å². The van der Waals surface area contributed by atoms with Crippen LogP contribution in [0.25, 0.3) is 11.2 Å². The Morgan fingerprint density at radius 3 is 2.83 bits per heavy atom. The Labute approximate surface area is 111 Å². The van der Waals surface area contributed by atoms with Crippen LogP contribution in [0, 0.1) is 5.92 Å². The summed E-state index contributed by atoms with van der Waals surface area (Å²) in [6.45, 7) is 2.73. The van der Waals surface area contributed by atoms with E-state index < -0.39 is 0 Å². The van der Waals surface area contributed by atoms with Crippen molar-refractivity contribution in [1.29, 1.82) is 0 Å². The highest BCUT2D eigenvalue weighted by molar-refractivity contribution is 7.80. The third-order valence-electron chi connectivity index (χ3n) is 2.74. The molecule has 0 aliphatic carbocycles. The Morgan fingerprint density at radius 2 is 2.11 bits per heavy atom. The highest BCUT2D eigenvalue weighted by Gasteiger charge is 2.11. The van der Waals surface area contributed by atoms with Crippen LogP contribution in [0.3, 0.4) is 0 Å². The molecule has 0 radical (unpaired) electrons. The van der Waals surface area contributed by atoms with Gasteiger partial charge in [0.05, 0.1) is 4.99 Å². The summed E-state index contributed by atoms with van der Waals surface area (Å²) in [5.74, 6) is 0.982. The summed E-state index contributed by atoms with van der Waals surface area (Å²) in [6.07, 6.45) is 3.29. The largest absolute Gasteiger partial charge is 0.393 e. The van der Waals surface area contributed by atoms with Gasteiger partial charge in [-0.3, -0.25) is 4.98 Å². The van der Waals surface area contributed by atoms with Crippen LogP contribution in [0.15, 0.2) is 24.5 Å². The van der Waals surface area contributed by atoms with E-state index in [4.69, 9.17) is 18.0 Å². The number of nitrogens with zero attached hydrogens (tertiary/aromatic N) is 4. The first-order chi connectivity index (χ1) is 8.58. The maximum Gasteiger partial charge on any atom is 0.180 e. The average molecular weight is 261 g/mol. The Bertz CT molecular complexity index is 571. The number of hydrogen-bond acceptors (Lipinski definition) is 5. The Morgan fingerprint density at radius 1 is 1.39 bits per heavy atom. The highest BCUT2D eigenvalue weighted by Crippen LogP contribution is 2.14. The van der Waals surface area contributed by atoms with Gasteiger partial charge >= 0.3 is 0 Å². The van der Waals surface area contributed by atoms with Crippen LogP contribution in [0.4, 0.5) is 5.82 Å². The lowest BCUT2D eigenvalue weighted by Crippen LogP contribution is -2.31. The van der Waals surface area contributed by atoms with Gasteiger partial charge in [-0.25, -0.2) is 9.97 Å². The van der Waals surface area contributed by atoms with E-state index in [0.717, 1.165) is 17.9 Å². The maximum absolute atomic E-state index is 5.61. The molecule has 2 aromatic heterocycles. The second-order valence-electron chi connectivity index (χ2n) is 4.25. The third kappa shape index (κ3) is 2.70. The van der Waals surface area contributed by atoms with Crippen LogP contribution in [-0.4, -0.2) is 33.5 Å². The van der Waals surface area contributed by atoms with Crippen LogP contribution < -0.4 is 10.6 Å². The van der Waals surface area contributed by atoms with Crippen molar-refractivity contribution in [2.75, 3.05) is 18.5 Å². The highest BCUT2D eigenvalue weighted by atomic mass is 32.1. The van der Waals surface area contributed by atoms with Gasteiger partial charge in [0, 0.05) is 31.9 Å². The van der Waals surface area contributed by atoms with E-state index >= 15 is 0 Å². The predicted molar refractivity (Wildman–Crippen MR) is 76.6 cm³/mol. The minimum atomic E-state index is 0.143. The van der Waals surface area contributed by atoms with Crippen molar-refractivity contribution in [3.05, 3.63) is 24.5 Å². The average Bonchev–Trinajstić information content (AvgIpc) is 2.37. The molecule has 1 unspecified atom stereocenters. The summed E-state index contributed by atoms with van der Waals surface area (Å²) in [5.41, 5.74) is 7.05. The number of hydrogen-bond donors (Lipinski definition) is 1. The van der Waals surface area contributed by atoms with Crippen molar-refractivity contribution < 1.29 is 0 Å². The fourth-order valence-electron chi connectivity index (χ4n) is 1.65. The molecule has 1 atom stereocenters. The van der Waals surface area contributed by atoms with Gasteiger partial charge in [0.1, 0.15) is 11.3 Å². The van der Waals surface area contributed by atoms with Gasteiger partial charge in [-0.1, -0.05) is 19.1 Å². The van der Waals surface area contributed by atoms with Crippen LogP contribution >= 0.6 is 12.2 Å². The monoisotopic (exact) mass is 261 g/mol. The molecule has 18 heavy (non-hydrogen) atoms. The number of fused-ring (bicyclic) bond motifs is 1. The van der Waals surface area contributed by atoms with E-state index in [1.165, 1.54) is 0 Å². The smallest absolute Gasteiger partial charge is 0.180 e. The van der Waals surface area contributed by atoms with Crippen molar-refractivity contribution in [3.8, 4) is 0 Å². The van der Waals surface area contributed by atoms with Gasteiger partial charge in [-0.15, -0.1) is 0 Å². The zero-order valence-electron chi connectivity index (χ0n) is 10.4. The van der Waals surface area contributed by atoms with E-state index in [1.807, 2.05) is 31.0 Å². The number of anilines is 1. The van der Waals surface area contributed by atoms with Gasteiger partial charge in [-0.2, -0.15) is 0 Å². The summed E-state index contributed by atoms with van der Waals surface area (Å²) < 4.78 is 0. The molecule has 0 fully saturated rings. The molecule has 0 saturated carbocycles. The van der Waals surface area contributed by atoms with Crippen molar-refractivity contribution in [2.45, 2.75) is 6.92 Å². The fraction of sp³-hybridized carbons (Fsp3) is 0.333. The molecule has 0 amide bonds. The molecule has 94 valence electrons. The third-order valence-corrected chi connectivity index (χ3v) is 3.14. The first kappa shape index (κ1) is 12.6. The second kappa shape index (κ2) is 5.22. The molecule has 0 spiro atoms. The van der Waals surface area contributed by atoms with Gasteiger partial charge < -0.3 is 10.6 Å². The SMILES string of the molecule is CC(CN(C)c1ccc2nccnc2n1)C(N)=S. The van der Waals surface area contributed by atoms with Crippen LogP contribution in [-0.2, 0) is 0 Å². The number of rotatable bonds is 4. The molecule has 2 N–H and O–H groups in total. The normalized spacial score (nSPS) is 12.3. The second-order valence-corrected chi connectivity index (χ2v) is 4.72. The standard InChI is InChI=1S/C12H15N5S/c1-8(11(13)18)7-17(2)10-4-3-9-12(16-10)15-6-5-14-9/h3-6,8H,7H2,1-2H3,(H2,13,18). The zero-order valence-corrected chi connectivity index (χ0v) is 11.2. The topological polar surface area (TPSA) is 67.9 Å². The minimum Gasteiger partial charge on any atom is -0.393 e. The lowest BCUT2D eigenvalue weighted by Gasteiger charge is -2.21. The minimum absolute atomic E-state index is 0.143. The van der Waals surface area contributed by atoms with E-state index in [0.29, 0.717) is 10.6 Å². The number of pyridine rings is 1. The van der Waals surface area contributed by atoms with Gasteiger partial charge in [0.15, 0.2) is 5.65 Å². The summed E-state index contributed by atoms with van der Waals surface area (Å²) >= 11 is 4.97. The number of thiocarbonyl (C=S) groups is 1. The molecule has 5 nitrogen and oxygen atoms in total. The molecule has 2 rings (SSSR count). The number of aromatic nitrogens is 3.